The number of benzene rings is 1. The maximum absolute atomic E-state index is 5.43. The molecule has 2 aromatic rings. The molecule has 0 fully saturated rings. The quantitative estimate of drug-likeness (QED) is 0.563. The Kier molecular flexibility index (Phi) is 5.19. The first kappa shape index (κ1) is 13.4. The molecule has 0 aliphatic carbocycles. The van der Waals surface area contributed by atoms with E-state index >= 15 is 0 Å². The lowest BCUT2D eigenvalue weighted by Gasteiger charge is -2.06. The number of ether oxygens (including phenoxy) is 1. The third-order valence-electron chi connectivity index (χ3n) is 2.71. The molecule has 0 aliphatic rings. The largest absolute Gasteiger partial charge is 0.490 e. The van der Waals surface area contributed by atoms with E-state index in [0.717, 1.165) is 31.1 Å². The number of imidazole rings is 1. The van der Waals surface area contributed by atoms with Gasteiger partial charge in [-0.3, -0.25) is 0 Å². The van der Waals surface area contributed by atoms with Gasteiger partial charge in [0.05, 0.1) is 0 Å². The van der Waals surface area contributed by atoms with Crippen LogP contribution >= 0.6 is 0 Å². The molecule has 1 aromatic heterocycles. The van der Waals surface area contributed by atoms with E-state index in [1.807, 2.05) is 18.3 Å². The Morgan fingerprint density at radius 3 is 2.84 bits per heavy atom. The molecule has 1 heterocycles. The van der Waals surface area contributed by atoms with E-state index in [0.29, 0.717) is 6.61 Å². The summed E-state index contributed by atoms with van der Waals surface area (Å²) in [7, 11) is 0. The van der Waals surface area contributed by atoms with Crippen LogP contribution in [0.2, 0.25) is 0 Å². The van der Waals surface area contributed by atoms with Crippen molar-refractivity contribution in [1.29, 1.82) is 0 Å². The maximum atomic E-state index is 5.43. The highest BCUT2D eigenvalue weighted by atomic mass is 16.5. The second-order valence-corrected chi connectivity index (χ2v) is 4.21. The molecule has 4 nitrogen and oxygen atoms in total. The Labute approximate surface area is 113 Å². The van der Waals surface area contributed by atoms with Crippen LogP contribution in [0.5, 0.6) is 5.75 Å². The van der Waals surface area contributed by atoms with Crippen molar-refractivity contribution in [2.24, 2.45) is 0 Å². The average Bonchev–Trinajstić information content (AvgIpc) is 2.96. The molecule has 100 valence electrons. The Hall–Kier alpha value is -2.07. The first-order valence-electron chi connectivity index (χ1n) is 6.40. The summed E-state index contributed by atoms with van der Waals surface area (Å²) in [6.45, 7) is 5.92. The first-order valence-corrected chi connectivity index (χ1v) is 6.40. The minimum Gasteiger partial charge on any atom is -0.490 e. The molecule has 0 saturated carbocycles. The zero-order valence-electron chi connectivity index (χ0n) is 10.9. The Bertz CT molecular complexity index is 477. The molecule has 0 unspecified atom stereocenters. The van der Waals surface area contributed by atoms with Crippen molar-refractivity contribution in [3.8, 4) is 5.75 Å². The summed E-state index contributed by atoms with van der Waals surface area (Å²) in [5.41, 5.74) is 1.24. The predicted molar refractivity (Wildman–Crippen MR) is 76.1 cm³/mol. The van der Waals surface area contributed by atoms with Crippen molar-refractivity contribution < 1.29 is 4.74 Å². The van der Waals surface area contributed by atoms with Crippen LogP contribution in [0.25, 0.3) is 0 Å². The van der Waals surface area contributed by atoms with E-state index in [4.69, 9.17) is 4.74 Å². The zero-order valence-corrected chi connectivity index (χ0v) is 10.9. The number of nitrogens with zero attached hydrogens (tertiary/aromatic N) is 1. The summed E-state index contributed by atoms with van der Waals surface area (Å²) in [5, 5.41) is 3.39. The maximum Gasteiger partial charge on any atom is 0.119 e. The molecular weight excluding hydrogens is 238 g/mol. The molecule has 4 heteroatoms. The minimum absolute atomic E-state index is 0.542. The van der Waals surface area contributed by atoms with E-state index in [1.54, 1.807) is 12.3 Å². The highest BCUT2D eigenvalue weighted by molar-refractivity contribution is 5.27. The summed E-state index contributed by atoms with van der Waals surface area (Å²) in [4.78, 5) is 7.27. The topological polar surface area (TPSA) is 49.9 Å². The third kappa shape index (κ3) is 4.60. The van der Waals surface area contributed by atoms with Gasteiger partial charge in [0, 0.05) is 31.9 Å². The van der Waals surface area contributed by atoms with Crippen molar-refractivity contribution >= 4 is 0 Å². The van der Waals surface area contributed by atoms with Crippen LogP contribution in [0.1, 0.15) is 11.4 Å². The van der Waals surface area contributed by atoms with Gasteiger partial charge in [0.1, 0.15) is 18.2 Å². The van der Waals surface area contributed by atoms with Crippen LogP contribution in [-0.2, 0) is 13.0 Å². The Balaban J connectivity index is 1.69. The fraction of sp³-hybridized carbons (Fsp3) is 0.267. The van der Waals surface area contributed by atoms with E-state index in [2.05, 4.69) is 34.0 Å². The van der Waals surface area contributed by atoms with Gasteiger partial charge in [0.15, 0.2) is 0 Å². The van der Waals surface area contributed by atoms with Gasteiger partial charge in [0.2, 0.25) is 0 Å². The standard InChI is InChI=1S/C15H19N3O/c1-2-11-19-14-5-3-13(4-6-14)12-16-8-7-15-17-9-10-18-15/h2-6,9-10,16H,1,7-8,11-12H2,(H,17,18). The average molecular weight is 257 g/mol. The molecule has 0 bridgehead atoms. The van der Waals surface area contributed by atoms with Gasteiger partial charge < -0.3 is 15.0 Å². The van der Waals surface area contributed by atoms with Crippen LogP contribution in [0.4, 0.5) is 0 Å². The number of rotatable bonds is 8. The SMILES string of the molecule is C=CCOc1ccc(CNCCc2ncc[nH]2)cc1. The normalized spacial score (nSPS) is 10.3. The van der Waals surface area contributed by atoms with E-state index in [9.17, 15) is 0 Å². The summed E-state index contributed by atoms with van der Waals surface area (Å²) < 4.78 is 5.43. The number of H-pyrrole nitrogens is 1. The van der Waals surface area contributed by atoms with Crippen LogP contribution in [0.3, 0.4) is 0 Å². The Morgan fingerprint density at radius 2 is 2.16 bits per heavy atom. The van der Waals surface area contributed by atoms with Gasteiger partial charge in [-0.15, -0.1) is 0 Å². The van der Waals surface area contributed by atoms with Crippen LogP contribution in [-0.4, -0.2) is 23.1 Å². The number of aromatic nitrogens is 2. The van der Waals surface area contributed by atoms with Crippen LogP contribution in [0, 0.1) is 0 Å². The first-order chi connectivity index (χ1) is 9.38. The van der Waals surface area contributed by atoms with Gasteiger partial charge in [-0.05, 0) is 17.7 Å². The fourth-order valence-corrected chi connectivity index (χ4v) is 1.73. The summed E-state index contributed by atoms with van der Waals surface area (Å²) >= 11 is 0. The number of hydrogen-bond donors (Lipinski definition) is 2. The van der Waals surface area contributed by atoms with Gasteiger partial charge in [-0.1, -0.05) is 24.8 Å². The molecule has 0 aliphatic heterocycles. The molecule has 1 aromatic carbocycles. The lowest BCUT2D eigenvalue weighted by atomic mass is 10.2. The van der Waals surface area contributed by atoms with Gasteiger partial charge in [0.25, 0.3) is 0 Å². The van der Waals surface area contributed by atoms with E-state index < -0.39 is 0 Å². The second-order valence-electron chi connectivity index (χ2n) is 4.21. The van der Waals surface area contributed by atoms with Crippen molar-refractivity contribution in [2.75, 3.05) is 13.2 Å². The molecule has 2 N–H and O–H groups in total. The predicted octanol–water partition coefficient (Wildman–Crippen LogP) is 2.31. The monoisotopic (exact) mass is 257 g/mol. The summed E-state index contributed by atoms with van der Waals surface area (Å²) in [6.07, 6.45) is 6.27. The lowest BCUT2D eigenvalue weighted by molar-refractivity contribution is 0.363. The molecule has 19 heavy (non-hydrogen) atoms. The Morgan fingerprint density at radius 1 is 1.32 bits per heavy atom. The number of aromatic amines is 1. The molecule has 0 spiro atoms. The summed E-state index contributed by atoms with van der Waals surface area (Å²) in [5.74, 6) is 1.89. The van der Waals surface area contributed by atoms with Crippen LogP contribution in [0.15, 0.2) is 49.3 Å². The highest BCUT2D eigenvalue weighted by Gasteiger charge is 1.97. The van der Waals surface area contributed by atoms with Gasteiger partial charge in [-0.2, -0.15) is 0 Å². The fourth-order valence-electron chi connectivity index (χ4n) is 1.73. The highest BCUT2D eigenvalue weighted by Crippen LogP contribution is 2.11. The molecule has 0 amide bonds. The van der Waals surface area contributed by atoms with Crippen molar-refractivity contribution in [1.82, 2.24) is 15.3 Å². The van der Waals surface area contributed by atoms with Crippen molar-refractivity contribution in [3.63, 3.8) is 0 Å². The van der Waals surface area contributed by atoms with E-state index in [-0.39, 0.29) is 0 Å². The second kappa shape index (κ2) is 7.38. The molecule has 2 rings (SSSR count). The third-order valence-corrected chi connectivity index (χ3v) is 2.71. The minimum atomic E-state index is 0.542. The van der Waals surface area contributed by atoms with E-state index in [1.165, 1.54) is 5.56 Å². The van der Waals surface area contributed by atoms with Crippen LogP contribution < -0.4 is 10.1 Å². The molecule has 0 saturated heterocycles. The van der Waals surface area contributed by atoms with Gasteiger partial charge in [-0.25, -0.2) is 4.98 Å². The molecule has 0 atom stereocenters. The molecule has 0 radical (unpaired) electrons. The van der Waals surface area contributed by atoms with Gasteiger partial charge >= 0.3 is 0 Å². The smallest absolute Gasteiger partial charge is 0.119 e. The molecular formula is C15H19N3O. The number of hydrogen-bond acceptors (Lipinski definition) is 3. The zero-order chi connectivity index (χ0) is 13.3. The van der Waals surface area contributed by atoms with Crippen molar-refractivity contribution in [3.05, 3.63) is 60.7 Å². The van der Waals surface area contributed by atoms with Crippen molar-refractivity contribution in [2.45, 2.75) is 13.0 Å². The lowest BCUT2D eigenvalue weighted by Crippen LogP contribution is -2.17. The summed E-state index contributed by atoms with van der Waals surface area (Å²) in [6, 6.07) is 8.09. The number of nitrogens with one attached hydrogen (secondary N) is 2.